The second-order valence-electron chi connectivity index (χ2n) is 8.27. The van der Waals surface area contributed by atoms with E-state index in [1.165, 1.54) is 4.90 Å². The number of amides is 1. The van der Waals surface area contributed by atoms with E-state index in [0.717, 1.165) is 35.1 Å². The van der Waals surface area contributed by atoms with E-state index in [4.69, 9.17) is 0 Å². The van der Waals surface area contributed by atoms with Gasteiger partial charge in [-0.1, -0.05) is 82.1 Å². The van der Waals surface area contributed by atoms with Crippen LogP contribution in [0, 0.1) is 5.92 Å². The lowest BCUT2D eigenvalue weighted by Gasteiger charge is -2.33. The maximum atomic E-state index is 13.0. The van der Waals surface area contributed by atoms with Crippen LogP contribution in [0.2, 0.25) is 0 Å². The Morgan fingerprint density at radius 3 is 2.33 bits per heavy atom. The van der Waals surface area contributed by atoms with Gasteiger partial charge >= 0.3 is 5.97 Å². The molecule has 3 aromatic rings. The molecule has 0 saturated carbocycles. The molecule has 2 aromatic carbocycles. The third-order valence-corrected chi connectivity index (χ3v) is 5.97. The van der Waals surface area contributed by atoms with Gasteiger partial charge in [-0.3, -0.25) is 4.79 Å². The van der Waals surface area contributed by atoms with Crippen molar-refractivity contribution in [1.29, 1.82) is 0 Å². The largest absolute Gasteiger partial charge is 0.480 e. The Labute approximate surface area is 194 Å². The molecule has 0 fully saturated rings. The standard InChI is InChI=1S/C25H31N5O3/c1-4-6-11-22(31)30(23(25(32)33)17(3)5-2)16-18-12-14-19(15-13-18)20-9-7-8-10-21(20)24-26-28-29-27-24/h7-10,12-15,17,23H,4-6,11,16H2,1-3H3,(H,32,33)(H,26,27,28,29)/t17-,23-/m0/s1. The van der Waals surface area contributed by atoms with Gasteiger partial charge in [0.05, 0.1) is 0 Å². The number of hydrogen-bond acceptors (Lipinski definition) is 5. The summed E-state index contributed by atoms with van der Waals surface area (Å²) in [6.45, 7) is 6.12. The van der Waals surface area contributed by atoms with Gasteiger partial charge in [-0.05, 0) is 34.2 Å². The number of hydrogen-bond donors (Lipinski definition) is 2. The van der Waals surface area contributed by atoms with Crippen molar-refractivity contribution in [3.63, 3.8) is 0 Å². The van der Waals surface area contributed by atoms with Crippen LogP contribution in [0.15, 0.2) is 48.5 Å². The summed E-state index contributed by atoms with van der Waals surface area (Å²) in [5.74, 6) is -0.703. The van der Waals surface area contributed by atoms with E-state index < -0.39 is 12.0 Å². The van der Waals surface area contributed by atoms with Gasteiger partial charge in [0.2, 0.25) is 11.7 Å². The van der Waals surface area contributed by atoms with Gasteiger partial charge in [0, 0.05) is 18.5 Å². The average Bonchev–Trinajstić information content (AvgIpc) is 3.37. The van der Waals surface area contributed by atoms with Crippen LogP contribution >= 0.6 is 0 Å². The molecular weight excluding hydrogens is 418 g/mol. The highest BCUT2D eigenvalue weighted by Crippen LogP contribution is 2.30. The zero-order valence-electron chi connectivity index (χ0n) is 19.4. The minimum atomic E-state index is -0.958. The topological polar surface area (TPSA) is 112 Å². The van der Waals surface area contributed by atoms with E-state index >= 15 is 0 Å². The molecule has 0 aliphatic carbocycles. The van der Waals surface area contributed by atoms with Crippen molar-refractivity contribution in [1.82, 2.24) is 25.5 Å². The molecule has 0 bridgehead atoms. The number of aromatic amines is 1. The molecule has 1 aromatic heterocycles. The molecule has 2 N–H and O–H groups in total. The van der Waals surface area contributed by atoms with Gasteiger partial charge in [-0.15, -0.1) is 10.2 Å². The molecule has 1 amide bonds. The molecule has 0 aliphatic heterocycles. The zero-order valence-corrected chi connectivity index (χ0v) is 19.4. The Bertz CT molecular complexity index is 1050. The molecule has 0 saturated heterocycles. The molecule has 0 spiro atoms. The third-order valence-electron chi connectivity index (χ3n) is 5.97. The number of aromatic nitrogens is 4. The summed E-state index contributed by atoms with van der Waals surface area (Å²) in [6, 6.07) is 14.8. The number of nitrogens with one attached hydrogen (secondary N) is 1. The first kappa shape index (κ1) is 24.1. The number of carboxylic acids is 1. The number of unbranched alkanes of at least 4 members (excludes halogenated alkanes) is 1. The predicted octanol–water partition coefficient (Wildman–Crippen LogP) is 4.55. The second-order valence-corrected chi connectivity index (χ2v) is 8.27. The highest BCUT2D eigenvalue weighted by molar-refractivity contribution is 5.84. The lowest BCUT2D eigenvalue weighted by atomic mass is 9.95. The highest BCUT2D eigenvalue weighted by atomic mass is 16.4. The Kier molecular flexibility index (Phi) is 8.29. The molecule has 174 valence electrons. The molecule has 33 heavy (non-hydrogen) atoms. The Morgan fingerprint density at radius 2 is 1.76 bits per heavy atom. The fourth-order valence-corrected chi connectivity index (χ4v) is 3.91. The third kappa shape index (κ3) is 5.83. The van der Waals surface area contributed by atoms with E-state index in [1.807, 2.05) is 69.3 Å². The lowest BCUT2D eigenvalue weighted by molar-refractivity contribution is -0.153. The van der Waals surface area contributed by atoms with Gasteiger partial charge in [-0.2, -0.15) is 5.21 Å². The van der Waals surface area contributed by atoms with Crippen molar-refractivity contribution >= 4 is 11.9 Å². The van der Waals surface area contributed by atoms with Crippen LogP contribution in [0.5, 0.6) is 0 Å². The van der Waals surface area contributed by atoms with Crippen molar-refractivity contribution < 1.29 is 14.7 Å². The molecule has 0 aliphatic rings. The predicted molar refractivity (Wildman–Crippen MR) is 126 cm³/mol. The van der Waals surface area contributed by atoms with Crippen LogP contribution in [-0.4, -0.2) is 48.5 Å². The normalized spacial score (nSPS) is 12.8. The summed E-state index contributed by atoms with van der Waals surface area (Å²) in [4.78, 5) is 26.6. The Hall–Kier alpha value is -3.55. The van der Waals surface area contributed by atoms with Gasteiger partial charge in [0.15, 0.2) is 0 Å². The first-order valence-electron chi connectivity index (χ1n) is 11.4. The molecule has 8 heteroatoms. The average molecular weight is 450 g/mol. The number of nitrogens with zero attached hydrogens (tertiary/aromatic N) is 4. The van der Waals surface area contributed by atoms with E-state index in [9.17, 15) is 14.7 Å². The van der Waals surface area contributed by atoms with Crippen molar-refractivity contribution in [3.8, 4) is 22.5 Å². The number of carboxylic acid groups (broad SMARTS) is 1. The van der Waals surface area contributed by atoms with Crippen molar-refractivity contribution in [2.45, 2.75) is 59.0 Å². The van der Waals surface area contributed by atoms with E-state index in [1.54, 1.807) is 0 Å². The molecule has 8 nitrogen and oxygen atoms in total. The van der Waals surface area contributed by atoms with Crippen LogP contribution in [0.3, 0.4) is 0 Å². The molecular formula is C25H31N5O3. The van der Waals surface area contributed by atoms with Gasteiger partial charge < -0.3 is 10.0 Å². The van der Waals surface area contributed by atoms with Crippen LogP contribution in [-0.2, 0) is 16.1 Å². The van der Waals surface area contributed by atoms with Crippen LogP contribution in [0.4, 0.5) is 0 Å². The summed E-state index contributed by atoms with van der Waals surface area (Å²) >= 11 is 0. The maximum Gasteiger partial charge on any atom is 0.326 e. The fourth-order valence-electron chi connectivity index (χ4n) is 3.91. The van der Waals surface area contributed by atoms with Gasteiger partial charge in [0.1, 0.15) is 6.04 Å². The number of tetrazole rings is 1. The SMILES string of the molecule is CCCCC(=O)N(Cc1ccc(-c2ccccc2-c2nn[nH]n2)cc1)[C@H](C(=O)O)[C@@H](C)CC. The molecule has 0 unspecified atom stereocenters. The summed E-state index contributed by atoms with van der Waals surface area (Å²) in [6.07, 6.45) is 2.66. The van der Waals surface area contributed by atoms with Crippen molar-refractivity contribution in [2.75, 3.05) is 0 Å². The maximum absolute atomic E-state index is 13.0. The number of aliphatic carboxylic acids is 1. The first-order chi connectivity index (χ1) is 16.0. The van der Waals surface area contributed by atoms with Crippen LogP contribution in [0.25, 0.3) is 22.5 Å². The zero-order chi connectivity index (χ0) is 23.8. The second kappa shape index (κ2) is 11.4. The first-order valence-corrected chi connectivity index (χ1v) is 11.4. The van der Waals surface area contributed by atoms with E-state index in [-0.39, 0.29) is 18.4 Å². The fraction of sp³-hybridized carbons (Fsp3) is 0.400. The number of carbonyl (C=O) groups excluding carboxylic acids is 1. The van der Waals surface area contributed by atoms with Crippen molar-refractivity contribution in [2.24, 2.45) is 5.92 Å². The Morgan fingerprint density at radius 1 is 1.06 bits per heavy atom. The monoisotopic (exact) mass is 449 g/mol. The highest BCUT2D eigenvalue weighted by Gasteiger charge is 2.33. The summed E-state index contributed by atoms with van der Waals surface area (Å²) in [5.41, 5.74) is 3.68. The summed E-state index contributed by atoms with van der Waals surface area (Å²) < 4.78 is 0. The number of rotatable bonds is 11. The summed E-state index contributed by atoms with van der Waals surface area (Å²) in [5, 5.41) is 24.2. The minimum absolute atomic E-state index is 0.115. The van der Waals surface area contributed by atoms with E-state index in [0.29, 0.717) is 18.7 Å². The van der Waals surface area contributed by atoms with Gasteiger partial charge in [0.25, 0.3) is 0 Å². The van der Waals surface area contributed by atoms with Crippen molar-refractivity contribution in [3.05, 3.63) is 54.1 Å². The lowest BCUT2D eigenvalue weighted by Crippen LogP contribution is -2.48. The number of benzene rings is 2. The van der Waals surface area contributed by atoms with Crippen LogP contribution in [0.1, 0.15) is 52.0 Å². The number of H-pyrrole nitrogens is 1. The van der Waals surface area contributed by atoms with Gasteiger partial charge in [-0.25, -0.2) is 4.79 Å². The molecule has 2 atom stereocenters. The minimum Gasteiger partial charge on any atom is -0.480 e. The number of carbonyl (C=O) groups is 2. The molecule has 3 rings (SSSR count). The van der Waals surface area contributed by atoms with Crippen LogP contribution < -0.4 is 0 Å². The quantitative estimate of drug-likeness (QED) is 0.444. The Balaban J connectivity index is 1.88. The molecule has 0 radical (unpaired) electrons. The molecule has 1 heterocycles. The van der Waals surface area contributed by atoms with E-state index in [2.05, 4.69) is 20.6 Å². The summed E-state index contributed by atoms with van der Waals surface area (Å²) in [7, 11) is 0. The smallest absolute Gasteiger partial charge is 0.326 e.